The number of fused-ring (bicyclic) bond motifs is 1. The summed E-state index contributed by atoms with van der Waals surface area (Å²) >= 11 is 5.39. The molecule has 0 amide bonds. The fourth-order valence-corrected chi connectivity index (χ4v) is 2.56. The highest BCUT2D eigenvalue weighted by atomic mass is 32.1. The van der Waals surface area contributed by atoms with Gasteiger partial charge in [0.1, 0.15) is 5.75 Å². The lowest BCUT2D eigenvalue weighted by Gasteiger charge is -2.06. The zero-order chi connectivity index (χ0) is 14.8. The van der Waals surface area contributed by atoms with Crippen molar-refractivity contribution in [3.05, 3.63) is 58.4 Å². The molecule has 1 N–H and O–H groups in total. The van der Waals surface area contributed by atoms with Gasteiger partial charge in [-0.25, -0.2) is 0 Å². The van der Waals surface area contributed by atoms with E-state index < -0.39 is 0 Å². The minimum atomic E-state index is 0.651. The Bertz CT molecular complexity index is 885. The molecule has 0 aliphatic carbocycles. The Balaban J connectivity index is 2.04. The monoisotopic (exact) mass is 295 g/mol. The molecule has 1 aromatic heterocycles. The van der Waals surface area contributed by atoms with Gasteiger partial charge in [0.2, 0.25) is 0 Å². The number of hydrogen-bond donors (Lipinski definition) is 1. The Morgan fingerprint density at radius 3 is 2.67 bits per heavy atom. The average Bonchev–Trinajstić information content (AvgIpc) is 2.83. The minimum Gasteiger partial charge on any atom is -0.497 e. The van der Waals surface area contributed by atoms with Gasteiger partial charge in [0, 0.05) is 6.07 Å². The highest BCUT2D eigenvalue weighted by Gasteiger charge is 2.06. The van der Waals surface area contributed by atoms with E-state index >= 15 is 0 Å². The Labute approximate surface area is 127 Å². The van der Waals surface area contributed by atoms with Crippen LogP contribution in [-0.4, -0.2) is 16.7 Å². The molecule has 104 valence electrons. The molecule has 0 radical (unpaired) electrons. The number of nitrogens with zero attached hydrogens (tertiary/aromatic N) is 2. The van der Waals surface area contributed by atoms with Gasteiger partial charge in [0.05, 0.1) is 36.3 Å². The van der Waals surface area contributed by atoms with Crippen LogP contribution in [0.4, 0.5) is 0 Å². The zero-order valence-corrected chi connectivity index (χ0v) is 12.3. The van der Waals surface area contributed by atoms with Crippen molar-refractivity contribution >= 4 is 23.3 Å². The first-order valence-corrected chi connectivity index (χ1v) is 6.87. The molecule has 0 fully saturated rings. The van der Waals surface area contributed by atoms with E-state index in [1.807, 2.05) is 47.0 Å². The molecule has 0 atom stereocenters. The molecule has 3 rings (SSSR count). The van der Waals surface area contributed by atoms with Crippen LogP contribution in [0.25, 0.3) is 11.0 Å². The van der Waals surface area contributed by atoms with E-state index in [1.165, 1.54) is 0 Å². The molecule has 0 bridgehead atoms. The van der Waals surface area contributed by atoms with Crippen LogP contribution < -0.4 is 4.74 Å². The number of benzene rings is 2. The smallest absolute Gasteiger partial charge is 0.178 e. The van der Waals surface area contributed by atoms with Gasteiger partial charge in [-0.1, -0.05) is 12.1 Å². The van der Waals surface area contributed by atoms with E-state index in [-0.39, 0.29) is 0 Å². The lowest BCUT2D eigenvalue weighted by atomic mass is 10.1. The number of aromatic amines is 1. The zero-order valence-electron chi connectivity index (χ0n) is 11.5. The molecule has 0 aliphatic rings. The van der Waals surface area contributed by atoms with E-state index in [4.69, 9.17) is 22.2 Å². The van der Waals surface area contributed by atoms with E-state index in [9.17, 15) is 0 Å². The Morgan fingerprint density at radius 1 is 1.24 bits per heavy atom. The Morgan fingerprint density at radius 2 is 2.00 bits per heavy atom. The van der Waals surface area contributed by atoms with Crippen LogP contribution in [-0.2, 0) is 6.54 Å². The van der Waals surface area contributed by atoms with Gasteiger partial charge < -0.3 is 14.3 Å². The number of H-pyrrole nitrogens is 1. The number of methoxy groups -OCH3 is 1. The number of imidazole rings is 1. The third-order valence-corrected chi connectivity index (χ3v) is 3.73. The topological polar surface area (TPSA) is 53.7 Å². The summed E-state index contributed by atoms with van der Waals surface area (Å²) in [5, 5.41) is 8.84. The highest BCUT2D eigenvalue weighted by Crippen LogP contribution is 2.21. The molecular formula is C16H13N3OS. The predicted octanol–water partition coefficient (Wildman–Crippen LogP) is 3.63. The van der Waals surface area contributed by atoms with Crippen molar-refractivity contribution in [2.24, 2.45) is 0 Å². The van der Waals surface area contributed by atoms with Crippen molar-refractivity contribution < 1.29 is 4.74 Å². The van der Waals surface area contributed by atoms with Crippen molar-refractivity contribution in [2.75, 3.05) is 7.11 Å². The van der Waals surface area contributed by atoms with Crippen LogP contribution in [0.5, 0.6) is 5.75 Å². The Kier molecular flexibility index (Phi) is 3.46. The molecule has 3 aromatic rings. The molecular weight excluding hydrogens is 282 g/mol. The van der Waals surface area contributed by atoms with Gasteiger partial charge in [0.25, 0.3) is 0 Å². The van der Waals surface area contributed by atoms with Crippen LogP contribution in [0.15, 0.2) is 42.5 Å². The molecule has 0 aliphatic heterocycles. The third-order valence-electron chi connectivity index (χ3n) is 3.41. The number of rotatable bonds is 3. The number of nitriles is 1. The fourth-order valence-electron chi connectivity index (χ4n) is 2.28. The maximum Gasteiger partial charge on any atom is 0.178 e. The molecule has 4 nitrogen and oxygen atoms in total. The molecule has 1 heterocycles. The summed E-state index contributed by atoms with van der Waals surface area (Å²) in [4.78, 5) is 3.19. The van der Waals surface area contributed by atoms with Crippen LogP contribution in [0.3, 0.4) is 0 Å². The van der Waals surface area contributed by atoms with Crippen molar-refractivity contribution in [2.45, 2.75) is 6.54 Å². The van der Waals surface area contributed by atoms with Gasteiger partial charge in [-0.05, 0) is 42.0 Å². The largest absolute Gasteiger partial charge is 0.497 e. The summed E-state index contributed by atoms with van der Waals surface area (Å²) in [6.45, 7) is 0.651. The van der Waals surface area contributed by atoms with Gasteiger partial charge in [-0.15, -0.1) is 0 Å². The van der Waals surface area contributed by atoms with Crippen LogP contribution in [0.1, 0.15) is 11.1 Å². The van der Waals surface area contributed by atoms with E-state index in [0.29, 0.717) is 16.9 Å². The molecule has 21 heavy (non-hydrogen) atoms. The number of aromatic nitrogens is 2. The average molecular weight is 295 g/mol. The van der Waals surface area contributed by atoms with Crippen LogP contribution in [0, 0.1) is 16.1 Å². The van der Waals surface area contributed by atoms with Gasteiger partial charge >= 0.3 is 0 Å². The van der Waals surface area contributed by atoms with Crippen molar-refractivity contribution in [1.29, 1.82) is 5.26 Å². The summed E-state index contributed by atoms with van der Waals surface area (Å²) in [6, 6.07) is 15.5. The van der Waals surface area contributed by atoms with Gasteiger partial charge in [-0.2, -0.15) is 5.26 Å². The predicted molar refractivity (Wildman–Crippen MR) is 83.9 cm³/mol. The Hall–Kier alpha value is -2.58. The van der Waals surface area contributed by atoms with Gasteiger partial charge in [-0.3, -0.25) is 0 Å². The van der Waals surface area contributed by atoms with Crippen molar-refractivity contribution in [3.63, 3.8) is 0 Å². The lowest BCUT2D eigenvalue weighted by molar-refractivity contribution is 0.415. The summed E-state index contributed by atoms with van der Waals surface area (Å²) in [6.07, 6.45) is 0. The second-order valence-corrected chi connectivity index (χ2v) is 5.09. The first-order valence-electron chi connectivity index (χ1n) is 6.47. The summed E-state index contributed by atoms with van der Waals surface area (Å²) in [5.41, 5.74) is 3.73. The summed E-state index contributed by atoms with van der Waals surface area (Å²) < 4.78 is 7.96. The normalized spacial score (nSPS) is 10.5. The molecule has 2 aromatic carbocycles. The fraction of sp³-hybridized carbons (Fsp3) is 0.125. The molecule has 0 saturated heterocycles. The summed E-state index contributed by atoms with van der Waals surface area (Å²) in [7, 11) is 1.65. The quantitative estimate of drug-likeness (QED) is 0.751. The molecule has 0 spiro atoms. The maximum absolute atomic E-state index is 8.84. The van der Waals surface area contributed by atoms with E-state index in [2.05, 4.69) is 11.1 Å². The highest BCUT2D eigenvalue weighted by molar-refractivity contribution is 7.71. The molecule has 0 saturated carbocycles. The second-order valence-electron chi connectivity index (χ2n) is 4.71. The third kappa shape index (κ3) is 2.54. The van der Waals surface area contributed by atoms with Crippen LogP contribution in [0.2, 0.25) is 0 Å². The maximum atomic E-state index is 8.84. The number of nitrogens with one attached hydrogen (secondary N) is 1. The van der Waals surface area contributed by atoms with Crippen molar-refractivity contribution in [3.8, 4) is 11.8 Å². The van der Waals surface area contributed by atoms with E-state index in [0.717, 1.165) is 22.3 Å². The minimum absolute atomic E-state index is 0.651. The van der Waals surface area contributed by atoms with Gasteiger partial charge in [0.15, 0.2) is 4.77 Å². The molecule has 0 unspecified atom stereocenters. The lowest BCUT2D eigenvalue weighted by Crippen LogP contribution is -1.99. The number of hydrogen-bond acceptors (Lipinski definition) is 3. The van der Waals surface area contributed by atoms with Crippen LogP contribution >= 0.6 is 12.2 Å². The number of ether oxygens (including phenoxy) is 1. The first kappa shape index (κ1) is 13.4. The second kappa shape index (κ2) is 5.43. The standard InChI is InChI=1S/C16H13N3OS/c1-20-13-6-7-14-15(8-13)19(16(21)18-14)10-12-4-2-11(9-17)3-5-12/h2-8H,10H2,1H3,(H,18,21). The first-order chi connectivity index (χ1) is 10.2. The summed E-state index contributed by atoms with van der Waals surface area (Å²) in [5.74, 6) is 0.796. The molecule has 5 heteroatoms. The SMILES string of the molecule is COc1ccc2[nH]c(=S)n(Cc3ccc(C#N)cc3)c2c1. The van der Waals surface area contributed by atoms with Crippen molar-refractivity contribution in [1.82, 2.24) is 9.55 Å². The van der Waals surface area contributed by atoms with E-state index in [1.54, 1.807) is 7.11 Å².